The maximum Gasteiger partial charge on any atom is 0.243 e. The van der Waals surface area contributed by atoms with Crippen LogP contribution in [0, 0.1) is 5.92 Å². The van der Waals surface area contributed by atoms with Gasteiger partial charge in [0.25, 0.3) is 0 Å². The van der Waals surface area contributed by atoms with Crippen LogP contribution in [0.2, 0.25) is 0 Å². The van der Waals surface area contributed by atoms with E-state index in [-0.39, 0.29) is 42.2 Å². The van der Waals surface area contributed by atoms with Crippen molar-refractivity contribution in [1.29, 1.82) is 0 Å². The van der Waals surface area contributed by atoms with Gasteiger partial charge in [0.15, 0.2) is 21.3 Å². The zero-order valence-corrected chi connectivity index (χ0v) is 15.1. The van der Waals surface area contributed by atoms with E-state index in [9.17, 15) is 18.0 Å². The summed E-state index contributed by atoms with van der Waals surface area (Å²) < 4.78 is 33.6. The number of anilines is 1. The van der Waals surface area contributed by atoms with E-state index in [0.717, 1.165) is 0 Å². The monoisotopic (exact) mass is 382 g/mol. The van der Waals surface area contributed by atoms with Crippen molar-refractivity contribution in [3.05, 3.63) is 18.2 Å². The Balaban J connectivity index is 1.39. The molecule has 0 aliphatic carbocycles. The molecule has 1 atom stereocenters. The quantitative estimate of drug-likeness (QED) is 0.750. The number of nitrogens with one attached hydrogen (secondary N) is 2. The van der Waals surface area contributed by atoms with Crippen LogP contribution in [0.25, 0.3) is 0 Å². The molecule has 0 radical (unpaired) electrons. The predicted octanol–water partition coefficient (Wildman–Crippen LogP) is 0.727. The molecule has 1 aromatic rings. The van der Waals surface area contributed by atoms with Crippen LogP contribution < -0.4 is 20.1 Å². The highest BCUT2D eigenvalue weighted by Gasteiger charge is 2.27. The Morgan fingerprint density at radius 3 is 2.62 bits per heavy atom. The van der Waals surface area contributed by atoms with Crippen LogP contribution in [-0.2, 0) is 19.4 Å². The van der Waals surface area contributed by atoms with E-state index >= 15 is 0 Å². The number of carbonyl (C=O) groups is 2. The van der Waals surface area contributed by atoms with Crippen LogP contribution in [-0.4, -0.2) is 51.5 Å². The third-order valence-corrected chi connectivity index (χ3v) is 6.22. The fourth-order valence-electron chi connectivity index (χ4n) is 3.03. The fraction of sp³-hybridized carbons (Fsp3) is 0.529. The van der Waals surface area contributed by atoms with Gasteiger partial charge in [0, 0.05) is 18.2 Å². The molecule has 2 aliphatic rings. The van der Waals surface area contributed by atoms with Gasteiger partial charge in [-0.25, -0.2) is 8.42 Å². The number of sulfone groups is 1. The Morgan fingerprint density at radius 2 is 1.88 bits per heavy atom. The van der Waals surface area contributed by atoms with Crippen molar-refractivity contribution in [2.24, 2.45) is 5.92 Å². The lowest BCUT2D eigenvalue weighted by atomic mass is 10.0. The third-order valence-electron chi connectivity index (χ3n) is 4.38. The summed E-state index contributed by atoms with van der Waals surface area (Å²) in [7, 11) is -2.93. The van der Waals surface area contributed by atoms with Gasteiger partial charge in [-0.1, -0.05) is 0 Å². The summed E-state index contributed by atoms with van der Waals surface area (Å²) in [6.07, 6.45) is 1.35. The molecule has 3 rings (SSSR count). The van der Waals surface area contributed by atoms with Crippen LogP contribution in [0.1, 0.15) is 19.3 Å². The zero-order chi connectivity index (χ0) is 18.6. The number of amides is 2. The Morgan fingerprint density at radius 1 is 1.12 bits per heavy atom. The lowest BCUT2D eigenvalue weighted by Crippen LogP contribution is -2.33. The van der Waals surface area contributed by atoms with Crippen LogP contribution >= 0.6 is 0 Å². The summed E-state index contributed by atoms with van der Waals surface area (Å²) in [6, 6.07) is 5.10. The molecule has 0 spiro atoms. The fourth-order valence-corrected chi connectivity index (χ4v) is 4.94. The van der Waals surface area contributed by atoms with Crippen molar-refractivity contribution in [3.8, 4) is 11.5 Å². The van der Waals surface area contributed by atoms with E-state index in [0.29, 0.717) is 43.2 Å². The van der Waals surface area contributed by atoms with Gasteiger partial charge in [0.05, 0.1) is 18.1 Å². The van der Waals surface area contributed by atoms with E-state index in [4.69, 9.17) is 9.47 Å². The maximum absolute atomic E-state index is 12.0. The average Bonchev–Trinajstić information content (AvgIpc) is 2.97. The minimum absolute atomic E-state index is 0.0392. The second-order valence-corrected chi connectivity index (χ2v) is 8.72. The molecule has 0 saturated carbocycles. The molecule has 1 unspecified atom stereocenters. The van der Waals surface area contributed by atoms with Crippen LogP contribution in [0.5, 0.6) is 11.5 Å². The third kappa shape index (κ3) is 5.10. The number of benzene rings is 1. The average molecular weight is 382 g/mol. The summed E-state index contributed by atoms with van der Waals surface area (Å²) in [4.78, 5) is 23.8. The van der Waals surface area contributed by atoms with Crippen molar-refractivity contribution in [2.75, 3.05) is 36.6 Å². The molecule has 0 bridgehead atoms. The van der Waals surface area contributed by atoms with Crippen molar-refractivity contribution in [3.63, 3.8) is 0 Å². The largest absolute Gasteiger partial charge is 0.486 e. The number of carbonyl (C=O) groups excluding carboxylic acids is 2. The molecule has 2 heterocycles. The SMILES string of the molecule is O=C(CCC1CCS(=O)(=O)C1)NCC(=O)Nc1ccc2c(c1)OCCO2. The first kappa shape index (κ1) is 18.5. The smallest absolute Gasteiger partial charge is 0.243 e. The maximum atomic E-state index is 12.0. The minimum atomic E-state index is -2.93. The topological polar surface area (TPSA) is 111 Å². The Bertz CT molecular complexity index is 792. The van der Waals surface area contributed by atoms with Gasteiger partial charge in [0.2, 0.25) is 11.8 Å². The molecule has 1 aromatic carbocycles. The molecule has 142 valence electrons. The van der Waals surface area contributed by atoms with Crippen molar-refractivity contribution in [2.45, 2.75) is 19.3 Å². The number of rotatable bonds is 6. The van der Waals surface area contributed by atoms with E-state index < -0.39 is 9.84 Å². The van der Waals surface area contributed by atoms with Gasteiger partial charge >= 0.3 is 0 Å². The number of ether oxygens (including phenoxy) is 2. The number of fused-ring (bicyclic) bond motifs is 1. The Hall–Kier alpha value is -2.29. The molecule has 2 amide bonds. The van der Waals surface area contributed by atoms with Crippen LogP contribution in [0.15, 0.2) is 18.2 Å². The highest BCUT2D eigenvalue weighted by atomic mass is 32.2. The van der Waals surface area contributed by atoms with E-state index in [1.165, 1.54) is 0 Å². The van der Waals surface area contributed by atoms with Gasteiger partial charge in [0.1, 0.15) is 13.2 Å². The number of hydrogen-bond acceptors (Lipinski definition) is 6. The molecular formula is C17H22N2O6S. The second-order valence-electron chi connectivity index (χ2n) is 6.49. The van der Waals surface area contributed by atoms with Gasteiger partial charge in [-0.2, -0.15) is 0 Å². The molecule has 2 N–H and O–H groups in total. The lowest BCUT2D eigenvalue weighted by Gasteiger charge is -2.19. The van der Waals surface area contributed by atoms with E-state index in [2.05, 4.69) is 10.6 Å². The van der Waals surface area contributed by atoms with Gasteiger partial charge < -0.3 is 20.1 Å². The molecule has 1 fully saturated rings. The molecule has 1 saturated heterocycles. The number of hydrogen-bond donors (Lipinski definition) is 2. The lowest BCUT2D eigenvalue weighted by molar-refractivity contribution is -0.124. The Kier molecular flexibility index (Phi) is 5.65. The molecular weight excluding hydrogens is 360 g/mol. The summed E-state index contributed by atoms with van der Waals surface area (Å²) in [5.41, 5.74) is 0.560. The van der Waals surface area contributed by atoms with Gasteiger partial charge in [-0.05, 0) is 30.9 Å². The first-order chi connectivity index (χ1) is 12.4. The van der Waals surface area contributed by atoms with Crippen LogP contribution in [0.4, 0.5) is 5.69 Å². The first-order valence-electron chi connectivity index (χ1n) is 8.58. The van der Waals surface area contributed by atoms with Gasteiger partial charge in [-0.15, -0.1) is 0 Å². The van der Waals surface area contributed by atoms with Crippen molar-refractivity contribution in [1.82, 2.24) is 5.32 Å². The van der Waals surface area contributed by atoms with E-state index in [1.54, 1.807) is 18.2 Å². The highest BCUT2D eigenvalue weighted by Crippen LogP contribution is 2.32. The first-order valence-corrected chi connectivity index (χ1v) is 10.4. The van der Waals surface area contributed by atoms with Crippen LogP contribution in [0.3, 0.4) is 0 Å². The van der Waals surface area contributed by atoms with E-state index in [1.807, 2.05) is 0 Å². The minimum Gasteiger partial charge on any atom is -0.486 e. The molecule has 26 heavy (non-hydrogen) atoms. The standard InChI is InChI=1S/C17H22N2O6S/c20-16(4-1-12-5-8-26(22,23)11-12)18-10-17(21)19-13-2-3-14-15(9-13)25-7-6-24-14/h2-3,9,12H,1,4-8,10-11H2,(H,18,20)(H,19,21). The summed E-state index contributed by atoms with van der Waals surface area (Å²) >= 11 is 0. The molecule has 8 nitrogen and oxygen atoms in total. The Labute approximate surface area is 152 Å². The van der Waals surface area contributed by atoms with Crippen molar-refractivity contribution < 1.29 is 27.5 Å². The highest BCUT2D eigenvalue weighted by molar-refractivity contribution is 7.91. The normalized spacial score (nSPS) is 20.4. The summed E-state index contributed by atoms with van der Waals surface area (Å²) in [6.45, 7) is 0.816. The summed E-state index contributed by atoms with van der Waals surface area (Å²) in [5.74, 6) is 1.01. The van der Waals surface area contributed by atoms with Gasteiger partial charge in [-0.3, -0.25) is 9.59 Å². The predicted molar refractivity (Wildman–Crippen MR) is 95.1 cm³/mol. The molecule has 9 heteroatoms. The summed E-state index contributed by atoms with van der Waals surface area (Å²) in [5, 5.41) is 5.24. The second kappa shape index (κ2) is 7.94. The van der Waals surface area contributed by atoms with Crippen molar-refractivity contribution >= 4 is 27.3 Å². The molecule has 0 aromatic heterocycles. The zero-order valence-electron chi connectivity index (χ0n) is 14.3. The molecule has 2 aliphatic heterocycles.